The number of carbonyl (C=O) groups is 1. The van der Waals surface area contributed by atoms with Gasteiger partial charge in [0.2, 0.25) is 5.91 Å². The molecule has 0 saturated heterocycles. The van der Waals surface area contributed by atoms with E-state index in [0.717, 1.165) is 17.0 Å². The number of nitrogens with zero attached hydrogens (tertiary/aromatic N) is 1. The SMILES string of the molecule is COc1ccc(NCC(=O)N(C)C(C)C)c(C)c1. The fourth-order valence-corrected chi connectivity index (χ4v) is 1.54. The van der Waals surface area contributed by atoms with Crippen molar-refractivity contribution >= 4 is 11.6 Å². The molecule has 1 rings (SSSR count). The molecule has 0 spiro atoms. The normalized spacial score (nSPS) is 10.3. The van der Waals surface area contributed by atoms with Gasteiger partial charge >= 0.3 is 0 Å². The Morgan fingerprint density at radius 1 is 1.44 bits per heavy atom. The third-order valence-electron chi connectivity index (χ3n) is 3.03. The summed E-state index contributed by atoms with van der Waals surface area (Å²) in [6, 6.07) is 5.97. The molecule has 0 unspecified atom stereocenters. The summed E-state index contributed by atoms with van der Waals surface area (Å²) in [7, 11) is 3.46. The third kappa shape index (κ3) is 3.65. The lowest BCUT2D eigenvalue weighted by atomic mass is 10.2. The largest absolute Gasteiger partial charge is 0.497 e. The van der Waals surface area contributed by atoms with Gasteiger partial charge < -0.3 is 15.0 Å². The van der Waals surface area contributed by atoms with Gasteiger partial charge in [-0.3, -0.25) is 4.79 Å². The van der Waals surface area contributed by atoms with Gasteiger partial charge in [-0.1, -0.05) is 0 Å². The van der Waals surface area contributed by atoms with Crippen molar-refractivity contribution in [3.8, 4) is 5.75 Å². The minimum atomic E-state index is 0.0835. The second-order valence-corrected chi connectivity index (χ2v) is 4.63. The van der Waals surface area contributed by atoms with Crippen LogP contribution in [0.15, 0.2) is 18.2 Å². The minimum Gasteiger partial charge on any atom is -0.497 e. The predicted octanol–water partition coefficient (Wildman–Crippen LogP) is 2.28. The Labute approximate surface area is 109 Å². The lowest BCUT2D eigenvalue weighted by Gasteiger charge is -2.22. The molecule has 100 valence electrons. The zero-order valence-electron chi connectivity index (χ0n) is 11.8. The first-order valence-electron chi connectivity index (χ1n) is 6.10. The van der Waals surface area contributed by atoms with Crippen molar-refractivity contribution in [3.63, 3.8) is 0 Å². The summed E-state index contributed by atoms with van der Waals surface area (Å²) in [5, 5.41) is 3.15. The molecule has 0 aromatic heterocycles. The van der Waals surface area contributed by atoms with Crippen LogP contribution in [0.25, 0.3) is 0 Å². The molecule has 18 heavy (non-hydrogen) atoms. The maximum absolute atomic E-state index is 11.8. The molecular weight excluding hydrogens is 228 g/mol. The Kier molecular flexibility index (Phi) is 5.01. The van der Waals surface area contributed by atoms with Gasteiger partial charge in [0.15, 0.2) is 0 Å². The van der Waals surface area contributed by atoms with Crippen LogP contribution >= 0.6 is 0 Å². The highest BCUT2D eigenvalue weighted by Gasteiger charge is 2.11. The van der Waals surface area contributed by atoms with Gasteiger partial charge in [-0.2, -0.15) is 0 Å². The molecule has 0 aliphatic carbocycles. The first-order chi connectivity index (χ1) is 8.45. The van der Waals surface area contributed by atoms with Crippen molar-refractivity contribution in [2.45, 2.75) is 26.8 Å². The number of hydrogen-bond acceptors (Lipinski definition) is 3. The molecule has 1 amide bonds. The number of hydrogen-bond donors (Lipinski definition) is 1. The highest BCUT2D eigenvalue weighted by molar-refractivity contribution is 5.81. The fraction of sp³-hybridized carbons (Fsp3) is 0.500. The van der Waals surface area contributed by atoms with Gasteiger partial charge in [-0.05, 0) is 44.5 Å². The van der Waals surface area contributed by atoms with Gasteiger partial charge in [-0.25, -0.2) is 0 Å². The Morgan fingerprint density at radius 3 is 2.61 bits per heavy atom. The molecule has 4 heteroatoms. The van der Waals surface area contributed by atoms with Crippen molar-refractivity contribution in [2.75, 3.05) is 26.0 Å². The van der Waals surface area contributed by atoms with Crippen LogP contribution in [0.1, 0.15) is 19.4 Å². The van der Waals surface area contributed by atoms with E-state index >= 15 is 0 Å². The van der Waals surface area contributed by atoms with E-state index in [0.29, 0.717) is 6.54 Å². The molecule has 4 nitrogen and oxygen atoms in total. The van der Waals surface area contributed by atoms with Crippen molar-refractivity contribution in [1.29, 1.82) is 0 Å². The molecule has 1 aromatic carbocycles. The topological polar surface area (TPSA) is 41.6 Å². The van der Waals surface area contributed by atoms with Crippen molar-refractivity contribution in [1.82, 2.24) is 4.90 Å². The molecule has 1 N–H and O–H groups in total. The van der Waals surface area contributed by atoms with Crippen LogP contribution in [0.3, 0.4) is 0 Å². The van der Waals surface area contributed by atoms with E-state index < -0.39 is 0 Å². The van der Waals surface area contributed by atoms with E-state index in [9.17, 15) is 4.79 Å². The Morgan fingerprint density at radius 2 is 2.11 bits per heavy atom. The monoisotopic (exact) mass is 250 g/mol. The van der Waals surface area contributed by atoms with Crippen LogP contribution in [0.2, 0.25) is 0 Å². The minimum absolute atomic E-state index is 0.0835. The molecular formula is C14H22N2O2. The molecule has 0 aliphatic rings. The number of nitrogens with one attached hydrogen (secondary N) is 1. The number of likely N-dealkylation sites (N-methyl/N-ethyl adjacent to an activating group) is 1. The van der Waals surface area contributed by atoms with E-state index in [1.807, 2.05) is 46.0 Å². The van der Waals surface area contributed by atoms with Crippen LogP contribution in [-0.4, -0.2) is 37.6 Å². The Hall–Kier alpha value is -1.71. The van der Waals surface area contributed by atoms with Crippen LogP contribution in [-0.2, 0) is 4.79 Å². The first-order valence-corrected chi connectivity index (χ1v) is 6.10. The Balaban J connectivity index is 2.61. The molecule has 1 aromatic rings. The predicted molar refractivity (Wildman–Crippen MR) is 74.1 cm³/mol. The molecule has 0 heterocycles. The van der Waals surface area contributed by atoms with Crippen molar-refractivity contribution in [2.24, 2.45) is 0 Å². The summed E-state index contributed by atoms with van der Waals surface area (Å²) in [5.41, 5.74) is 2.02. The molecule has 0 fully saturated rings. The Bertz CT molecular complexity index is 416. The number of ether oxygens (including phenoxy) is 1. The summed E-state index contributed by atoms with van der Waals surface area (Å²) in [6.45, 7) is 6.29. The number of anilines is 1. The van der Waals surface area contributed by atoms with E-state index in [1.165, 1.54) is 0 Å². The fourth-order valence-electron chi connectivity index (χ4n) is 1.54. The molecule has 0 saturated carbocycles. The van der Waals surface area contributed by atoms with Gasteiger partial charge in [0, 0.05) is 18.8 Å². The van der Waals surface area contributed by atoms with Gasteiger partial charge in [0.05, 0.1) is 13.7 Å². The van der Waals surface area contributed by atoms with Gasteiger partial charge in [-0.15, -0.1) is 0 Å². The zero-order chi connectivity index (χ0) is 13.7. The van der Waals surface area contributed by atoms with Gasteiger partial charge in [0.25, 0.3) is 0 Å². The van der Waals surface area contributed by atoms with Crippen LogP contribution in [0.5, 0.6) is 5.75 Å². The number of aryl methyl sites for hydroxylation is 1. The average Bonchev–Trinajstić information content (AvgIpc) is 2.35. The van der Waals surface area contributed by atoms with Crippen molar-refractivity contribution < 1.29 is 9.53 Å². The molecule has 0 radical (unpaired) electrons. The summed E-state index contributed by atoms with van der Waals surface area (Å²) in [6.07, 6.45) is 0. The number of benzene rings is 1. The van der Waals surface area contributed by atoms with Crippen molar-refractivity contribution in [3.05, 3.63) is 23.8 Å². The zero-order valence-corrected chi connectivity index (χ0v) is 11.8. The number of methoxy groups -OCH3 is 1. The third-order valence-corrected chi connectivity index (χ3v) is 3.03. The smallest absolute Gasteiger partial charge is 0.241 e. The summed E-state index contributed by atoms with van der Waals surface area (Å²) >= 11 is 0. The molecule has 0 aliphatic heterocycles. The first kappa shape index (κ1) is 14.4. The highest BCUT2D eigenvalue weighted by atomic mass is 16.5. The van der Waals surface area contributed by atoms with Gasteiger partial charge in [0.1, 0.15) is 5.75 Å². The van der Waals surface area contributed by atoms with E-state index in [-0.39, 0.29) is 11.9 Å². The maximum atomic E-state index is 11.8. The quantitative estimate of drug-likeness (QED) is 0.871. The molecule has 0 bridgehead atoms. The second kappa shape index (κ2) is 6.28. The summed E-state index contributed by atoms with van der Waals surface area (Å²) < 4.78 is 5.14. The highest BCUT2D eigenvalue weighted by Crippen LogP contribution is 2.20. The lowest BCUT2D eigenvalue weighted by Crippen LogP contribution is -2.37. The van der Waals surface area contributed by atoms with E-state index in [4.69, 9.17) is 4.74 Å². The number of rotatable bonds is 5. The maximum Gasteiger partial charge on any atom is 0.241 e. The summed E-state index contributed by atoms with van der Waals surface area (Å²) in [4.78, 5) is 13.6. The summed E-state index contributed by atoms with van der Waals surface area (Å²) in [5.74, 6) is 0.906. The number of amides is 1. The van der Waals surface area contributed by atoms with Crippen LogP contribution in [0, 0.1) is 6.92 Å². The van der Waals surface area contributed by atoms with E-state index in [2.05, 4.69) is 5.32 Å². The molecule has 0 atom stereocenters. The van der Waals surface area contributed by atoms with E-state index in [1.54, 1.807) is 12.0 Å². The average molecular weight is 250 g/mol. The lowest BCUT2D eigenvalue weighted by molar-refractivity contribution is -0.129. The van der Waals surface area contributed by atoms with Crippen LogP contribution < -0.4 is 10.1 Å². The standard InChI is InChI=1S/C14H22N2O2/c1-10(2)16(4)14(17)9-15-13-7-6-12(18-5)8-11(13)3/h6-8,10,15H,9H2,1-5H3. The number of carbonyl (C=O) groups excluding carboxylic acids is 1. The second-order valence-electron chi connectivity index (χ2n) is 4.63. The van der Waals surface area contributed by atoms with Crippen LogP contribution in [0.4, 0.5) is 5.69 Å².